The van der Waals surface area contributed by atoms with Gasteiger partial charge in [0.25, 0.3) is 5.91 Å². The summed E-state index contributed by atoms with van der Waals surface area (Å²) in [6, 6.07) is 13.1. The first-order valence-corrected chi connectivity index (χ1v) is 8.50. The molecule has 7 N–H and O–H groups in total. The zero-order valence-corrected chi connectivity index (χ0v) is 15.6. The van der Waals surface area contributed by atoms with Gasteiger partial charge in [0.05, 0.1) is 16.3 Å². The van der Waals surface area contributed by atoms with E-state index in [1.165, 1.54) is 12.1 Å². The van der Waals surface area contributed by atoms with Gasteiger partial charge in [-0.05, 0) is 36.8 Å². The lowest BCUT2D eigenvalue weighted by molar-refractivity contribution is -0.118. The van der Waals surface area contributed by atoms with Crippen LogP contribution in [0.3, 0.4) is 0 Å². The number of primary amides is 2. The van der Waals surface area contributed by atoms with E-state index in [1.807, 2.05) is 18.2 Å². The molecule has 0 bridgehead atoms. The lowest BCUT2D eigenvalue weighted by atomic mass is 10.1. The number of carbonyl (C=O) groups excluding carboxylic acids is 2. The average molecular weight is 383 g/mol. The predicted molar refractivity (Wildman–Crippen MR) is 111 cm³/mol. The van der Waals surface area contributed by atoms with Gasteiger partial charge in [-0.3, -0.25) is 9.59 Å². The second kappa shape index (κ2) is 8.91. The van der Waals surface area contributed by atoms with E-state index in [0.29, 0.717) is 27.7 Å². The molecule has 0 fully saturated rings. The number of thiol groups is 1. The highest BCUT2D eigenvalue weighted by Crippen LogP contribution is 2.26. The Morgan fingerprint density at radius 3 is 2.37 bits per heavy atom. The molecule has 7 nitrogen and oxygen atoms in total. The van der Waals surface area contributed by atoms with Crippen LogP contribution in [0, 0.1) is 5.41 Å². The van der Waals surface area contributed by atoms with Gasteiger partial charge in [-0.25, -0.2) is 0 Å². The Kier molecular flexibility index (Phi) is 6.62. The van der Waals surface area contributed by atoms with Crippen molar-refractivity contribution in [2.45, 2.75) is 13.0 Å². The molecule has 140 valence electrons. The normalized spacial score (nSPS) is 12.1. The molecule has 0 radical (unpaired) electrons. The standard InChI is InChI=1S/C19H21N5O2S/c1-11(20)9-16(27)24-15-10-13(7-8-14(15)18(21)25)23-17(19(22)26)12-5-3-2-4-6-12/h2-10,17,20,23-24,27H,1H3,(H2,21,25)(H2,22,26)/b16-9-,20-11?/t17-/m1/s1. The van der Waals surface area contributed by atoms with Crippen molar-refractivity contribution in [1.82, 2.24) is 0 Å². The molecule has 27 heavy (non-hydrogen) atoms. The van der Waals surface area contributed by atoms with Crippen LogP contribution in [0.4, 0.5) is 11.4 Å². The zero-order valence-electron chi connectivity index (χ0n) is 14.7. The van der Waals surface area contributed by atoms with Gasteiger partial charge in [0.15, 0.2) is 0 Å². The van der Waals surface area contributed by atoms with Crippen molar-refractivity contribution in [1.29, 1.82) is 5.41 Å². The summed E-state index contributed by atoms with van der Waals surface area (Å²) in [6.07, 6.45) is 1.49. The average Bonchev–Trinajstić information content (AvgIpc) is 2.59. The topological polar surface area (TPSA) is 134 Å². The molecule has 2 aromatic carbocycles. The number of hydrogen-bond donors (Lipinski definition) is 6. The smallest absolute Gasteiger partial charge is 0.250 e. The number of rotatable bonds is 8. The quantitative estimate of drug-likeness (QED) is 0.309. The molecule has 0 aliphatic heterocycles. The molecule has 0 aliphatic carbocycles. The summed E-state index contributed by atoms with van der Waals surface area (Å²) in [4.78, 5) is 23.6. The van der Waals surface area contributed by atoms with Crippen LogP contribution in [0.5, 0.6) is 0 Å². The van der Waals surface area contributed by atoms with Crippen LogP contribution in [0.15, 0.2) is 59.6 Å². The zero-order chi connectivity index (χ0) is 20.0. The molecule has 0 saturated heterocycles. The Hall–Kier alpha value is -3.26. The van der Waals surface area contributed by atoms with E-state index in [0.717, 1.165) is 0 Å². The van der Waals surface area contributed by atoms with Crippen LogP contribution in [-0.4, -0.2) is 17.5 Å². The highest BCUT2D eigenvalue weighted by atomic mass is 32.1. The largest absolute Gasteiger partial charge is 0.370 e. The van der Waals surface area contributed by atoms with Gasteiger partial charge >= 0.3 is 0 Å². The fourth-order valence-electron chi connectivity index (χ4n) is 2.46. The van der Waals surface area contributed by atoms with Crippen molar-refractivity contribution in [2.75, 3.05) is 10.6 Å². The van der Waals surface area contributed by atoms with Gasteiger partial charge in [-0.2, -0.15) is 0 Å². The Labute approximate surface area is 162 Å². The highest BCUT2D eigenvalue weighted by Gasteiger charge is 2.18. The molecular weight excluding hydrogens is 362 g/mol. The first-order chi connectivity index (χ1) is 12.8. The third-order valence-corrected chi connectivity index (χ3v) is 3.87. The monoisotopic (exact) mass is 383 g/mol. The fourth-order valence-corrected chi connectivity index (χ4v) is 2.78. The summed E-state index contributed by atoms with van der Waals surface area (Å²) in [6.45, 7) is 1.60. The number of nitrogens with two attached hydrogens (primary N) is 2. The van der Waals surface area contributed by atoms with Crippen molar-refractivity contribution in [2.24, 2.45) is 11.5 Å². The Morgan fingerprint density at radius 2 is 1.81 bits per heavy atom. The number of anilines is 2. The predicted octanol–water partition coefficient (Wildman–Crippen LogP) is 2.65. The fraction of sp³-hybridized carbons (Fsp3) is 0.105. The second-order valence-electron chi connectivity index (χ2n) is 5.85. The molecule has 1 atom stereocenters. The molecule has 0 unspecified atom stereocenters. The maximum Gasteiger partial charge on any atom is 0.250 e. The minimum absolute atomic E-state index is 0.249. The molecular formula is C19H21N5O2S. The highest BCUT2D eigenvalue weighted by molar-refractivity contribution is 7.84. The SMILES string of the molecule is CC(=N)/C=C(\S)Nc1cc(N[C@@H](C(N)=O)c2ccccc2)ccc1C(N)=O. The Balaban J connectivity index is 2.37. The van der Waals surface area contributed by atoms with Crippen molar-refractivity contribution < 1.29 is 9.59 Å². The van der Waals surface area contributed by atoms with Crippen LogP contribution in [0.1, 0.15) is 28.9 Å². The summed E-state index contributed by atoms with van der Waals surface area (Å²) in [5.74, 6) is -1.16. The first kappa shape index (κ1) is 20.1. The number of hydrogen-bond acceptors (Lipinski definition) is 6. The summed E-state index contributed by atoms with van der Waals surface area (Å²) in [5.41, 5.74) is 13.2. The molecule has 2 aromatic rings. The number of carbonyl (C=O) groups is 2. The minimum Gasteiger partial charge on any atom is -0.370 e. The third kappa shape index (κ3) is 5.61. The molecule has 8 heteroatoms. The maximum atomic E-state index is 11.9. The lowest BCUT2D eigenvalue weighted by Gasteiger charge is -2.19. The molecule has 0 aromatic heterocycles. The van der Waals surface area contributed by atoms with E-state index in [-0.39, 0.29) is 5.56 Å². The Bertz CT molecular complexity index is 896. The van der Waals surface area contributed by atoms with Crippen LogP contribution in [-0.2, 0) is 4.79 Å². The molecule has 0 heterocycles. The molecule has 0 saturated carbocycles. The molecule has 2 amide bonds. The van der Waals surface area contributed by atoms with Crippen LogP contribution < -0.4 is 22.1 Å². The third-order valence-electron chi connectivity index (χ3n) is 3.63. The number of benzene rings is 2. The number of allylic oxidation sites excluding steroid dienone is 1. The van der Waals surface area contributed by atoms with Crippen LogP contribution >= 0.6 is 12.6 Å². The van der Waals surface area contributed by atoms with Crippen molar-refractivity contribution >= 4 is 41.5 Å². The van der Waals surface area contributed by atoms with Gasteiger partial charge in [-0.15, -0.1) is 12.6 Å². The van der Waals surface area contributed by atoms with Crippen LogP contribution in [0.25, 0.3) is 0 Å². The Morgan fingerprint density at radius 1 is 1.15 bits per heavy atom. The summed E-state index contributed by atoms with van der Waals surface area (Å²) in [5, 5.41) is 13.9. The van der Waals surface area contributed by atoms with Crippen molar-refractivity contribution in [3.05, 3.63) is 70.8 Å². The van der Waals surface area contributed by atoms with Gasteiger partial charge in [0.1, 0.15) is 6.04 Å². The van der Waals surface area contributed by atoms with Gasteiger partial charge in [0, 0.05) is 11.4 Å². The van der Waals surface area contributed by atoms with E-state index in [4.69, 9.17) is 16.9 Å². The molecule has 2 rings (SSSR count). The van der Waals surface area contributed by atoms with E-state index in [1.54, 1.807) is 31.2 Å². The number of amides is 2. The summed E-state index contributed by atoms with van der Waals surface area (Å²) >= 11 is 4.25. The second-order valence-corrected chi connectivity index (χ2v) is 6.33. The lowest BCUT2D eigenvalue weighted by Crippen LogP contribution is -2.27. The minimum atomic E-state index is -0.742. The van der Waals surface area contributed by atoms with E-state index in [9.17, 15) is 9.59 Å². The van der Waals surface area contributed by atoms with Crippen LogP contribution in [0.2, 0.25) is 0 Å². The van der Waals surface area contributed by atoms with Gasteiger partial charge in [-0.1, -0.05) is 30.3 Å². The summed E-state index contributed by atoms with van der Waals surface area (Å²) in [7, 11) is 0. The van der Waals surface area contributed by atoms with Gasteiger partial charge in [0.2, 0.25) is 5.91 Å². The molecule has 0 aliphatic rings. The van der Waals surface area contributed by atoms with E-state index >= 15 is 0 Å². The van der Waals surface area contributed by atoms with E-state index < -0.39 is 17.9 Å². The van der Waals surface area contributed by atoms with Crippen molar-refractivity contribution in [3.63, 3.8) is 0 Å². The number of nitrogens with one attached hydrogen (secondary N) is 3. The summed E-state index contributed by atoms with van der Waals surface area (Å²) < 4.78 is 0. The van der Waals surface area contributed by atoms with E-state index in [2.05, 4.69) is 23.3 Å². The van der Waals surface area contributed by atoms with Gasteiger partial charge < -0.3 is 27.5 Å². The molecule has 0 spiro atoms. The first-order valence-electron chi connectivity index (χ1n) is 8.05. The van der Waals surface area contributed by atoms with Crippen molar-refractivity contribution in [3.8, 4) is 0 Å². The maximum absolute atomic E-state index is 11.9.